The normalized spacial score (nSPS) is 23.2. The molecule has 0 spiro atoms. The number of nitrogens with zero attached hydrogens (tertiary/aromatic N) is 2. The van der Waals surface area contributed by atoms with Gasteiger partial charge >= 0.3 is 6.09 Å². The molecular formula is C26H39N3O7S. The summed E-state index contributed by atoms with van der Waals surface area (Å²) in [6.45, 7) is 6.35. The first-order chi connectivity index (χ1) is 17.6. The number of piperidine rings is 2. The fourth-order valence-corrected chi connectivity index (χ4v) is 7.64. The number of amides is 2. The summed E-state index contributed by atoms with van der Waals surface area (Å²) in [6, 6.07) is 8.51. The van der Waals surface area contributed by atoms with Crippen LogP contribution in [-0.2, 0) is 24.3 Å². The van der Waals surface area contributed by atoms with Crippen molar-refractivity contribution in [3.8, 4) is 0 Å². The Morgan fingerprint density at radius 1 is 1.16 bits per heavy atom. The molecule has 11 heteroatoms. The number of hydrogen-bond acceptors (Lipinski definition) is 7. The number of hydrogen-bond donors (Lipinski definition) is 2. The van der Waals surface area contributed by atoms with E-state index in [0.29, 0.717) is 57.4 Å². The van der Waals surface area contributed by atoms with Crippen LogP contribution in [0.4, 0.5) is 4.79 Å². The van der Waals surface area contributed by atoms with E-state index in [1.54, 1.807) is 5.48 Å². The molecule has 0 radical (unpaired) electrons. The maximum absolute atomic E-state index is 13.5. The molecule has 0 saturated carbocycles. The van der Waals surface area contributed by atoms with E-state index in [0.717, 1.165) is 0 Å². The maximum atomic E-state index is 13.5. The molecule has 1 aromatic rings. The monoisotopic (exact) mass is 537 g/mol. The smallest absolute Gasteiger partial charge is 0.410 e. The number of likely N-dealkylation sites (tertiary alicyclic amines) is 1. The molecule has 3 fully saturated rings. The summed E-state index contributed by atoms with van der Waals surface area (Å²) in [5, 5.41) is 9.42. The van der Waals surface area contributed by atoms with Crippen LogP contribution in [0.1, 0.15) is 68.9 Å². The van der Waals surface area contributed by atoms with E-state index in [-0.39, 0.29) is 32.0 Å². The molecule has 1 atom stereocenters. The number of benzene rings is 1. The Kier molecular flexibility index (Phi) is 8.77. The molecule has 0 aliphatic carbocycles. The third-order valence-corrected chi connectivity index (χ3v) is 10.1. The minimum absolute atomic E-state index is 0.118. The van der Waals surface area contributed by atoms with Crippen LogP contribution >= 0.6 is 0 Å². The summed E-state index contributed by atoms with van der Waals surface area (Å²) in [5.41, 5.74) is 2.87. The zero-order valence-corrected chi connectivity index (χ0v) is 22.5. The molecule has 3 saturated heterocycles. The van der Waals surface area contributed by atoms with Gasteiger partial charge in [-0.2, -0.15) is 0 Å². The lowest BCUT2D eigenvalue weighted by atomic mass is 9.79. The summed E-state index contributed by atoms with van der Waals surface area (Å²) in [4.78, 5) is 26.7. The lowest BCUT2D eigenvalue weighted by Gasteiger charge is -2.41. The van der Waals surface area contributed by atoms with Gasteiger partial charge in [0.25, 0.3) is 5.91 Å². The van der Waals surface area contributed by atoms with Crippen molar-refractivity contribution >= 4 is 22.0 Å². The lowest BCUT2D eigenvalue weighted by molar-refractivity contribution is -0.141. The second-order valence-corrected chi connectivity index (χ2v) is 12.8. The number of hydroxylamine groups is 1. The molecule has 10 nitrogen and oxygen atoms in total. The van der Waals surface area contributed by atoms with Crippen LogP contribution in [0.25, 0.3) is 0 Å². The summed E-state index contributed by atoms with van der Waals surface area (Å²) in [7, 11) is -3.77. The Morgan fingerprint density at radius 3 is 2.46 bits per heavy atom. The van der Waals surface area contributed by atoms with Crippen molar-refractivity contribution in [2.75, 3.05) is 45.1 Å². The number of nitrogens with one attached hydrogen (secondary N) is 1. The van der Waals surface area contributed by atoms with Gasteiger partial charge in [-0.3, -0.25) is 10.0 Å². The standard InChI is InChI=1S/C26H39N3O7S/c1-19(2)21-4-3-5-22(16-21)20-6-11-29(12-7-20)37(33,34)18-26(24(30)27-32)9-13-28(14-10-26)25(31)36-23-8-15-35-17-23/h3-5,16,19-20,23,32H,6-15,17-18H2,1-2H3,(H,27,30)/t23-/m0/s1. The van der Waals surface area contributed by atoms with Gasteiger partial charge in [-0.15, -0.1) is 0 Å². The zero-order chi connectivity index (χ0) is 26.6. The van der Waals surface area contributed by atoms with Crippen molar-refractivity contribution in [3.05, 3.63) is 35.4 Å². The molecule has 3 heterocycles. The number of carbonyl (C=O) groups excluding carboxylic acids is 2. The second kappa shape index (κ2) is 11.7. The van der Waals surface area contributed by atoms with Gasteiger partial charge in [0.1, 0.15) is 6.10 Å². The average molecular weight is 538 g/mol. The minimum atomic E-state index is -3.77. The van der Waals surface area contributed by atoms with E-state index in [4.69, 9.17) is 9.47 Å². The Morgan fingerprint density at radius 2 is 1.86 bits per heavy atom. The molecule has 0 aromatic heterocycles. The fraction of sp³-hybridized carbons (Fsp3) is 0.692. The highest BCUT2D eigenvalue weighted by molar-refractivity contribution is 7.89. The average Bonchev–Trinajstić information content (AvgIpc) is 3.41. The number of sulfonamides is 1. The van der Waals surface area contributed by atoms with Gasteiger partial charge in [0.15, 0.2) is 0 Å². The van der Waals surface area contributed by atoms with Gasteiger partial charge < -0.3 is 14.4 Å². The van der Waals surface area contributed by atoms with Crippen LogP contribution in [-0.4, -0.2) is 86.1 Å². The third-order valence-electron chi connectivity index (χ3n) is 8.07. The largest absolute Gasteiger partial charge is 0.444 e. The third kappa shape index (κ3) is 6.45. The molecule has 2 amide bonds. The molecular weight excluding hydrogens is 498 g/mol. The molecule has 3 aliphatic heterocycles. The van der Waals surface area contributed by atoms with Gasteiger partial charge in [-0.1, -0.05) is 38.1 Å². The summed E-state index contributed by atoms with van der Waals surface area (Å²) in [6.07, 6.45) is 1.54. The molecule has 0 unspecified atom stereocenters. The first-order valence-electron chi connectivity index (χ1n) is 13.2. The van der Waals surface area contributed by atoms with E-state index < -0.39 is 33.2 Å². The number of carbonyl (C=O) groups is 2. The van der Waals surface area contributed by atoms with Crippen LogP contribution in [0, 0.1) is 5.41 Å². The van der Waals surface area contributed by atoms with E-state index in [1.807, 2.05) is 0 Å². The van der Waals surface area contributed by atoms with Gasteiger partial charge in [0, 0.05) is 32.6 Å². The van der Waals surface area contributed by atoms with Gasteiger partial charge in [-0.25, -0.2) is 23.0 Å². The molecule has 1 aromatic carbocycles. The van der Waals surface area contributed by atoms with Gasteiger partial charge in [0.2, 0.25) is 10.0 Å². The first-order valence-corrected chi connectivity index (χ1v) is 14.8. The predicted octanol–water partition coefficient (Wildman–Crippen LogP) is 2.83. The Hall–Kier alpha value is -2.21. The minimum Gasteiger partial charge on any atom is -0.444 e. The fourth-order valence-electron chi connectivity index (χ4n) is 5.58. The molecule has 4 rings (SSSR count). The Balaban J connectivity index is 1.37. The highest BCUT2D eigenvalue weighted by atomic mass is 32.2. The van der Waals surface area contributed by atoms with Crippen LogP contribution in [0.2, 0.25) is 0 Å². The van der Waals surface area contributed by atoms with Crippen LogP contribution in [0.5, 0.6) is 0 Å². The molecule has 206 valence electrons. The van der Waals surface area contributed by atoms with Crippen LogP contribution in [0.3, 0.4) is 0 Å². The van der Waals surface area contributed by atoms with E-state index in [9.17, 15) is 23.2 Å². The molecule has 37 heavy (non-hydrogen) atoms. The highest BCUT2D eigenvalue weighted by Gasteiger charge is 2.47. The van der Waals surface area contributed by atoms with Crippen molar-refractivity contribution in [2.24, 2.45) is 5.41 Å². The summed E-state index contributed by atoms with van der Waals surface area (Å²) in [5.74, 6) is -0.411. The Bertz CT molecular complexity index is 1060. The lowest BCUT2D eigenvalue weighted by Crippen LogP contribution is -2.55. The van der Waals surface area contributed by atoms with Gasteiger partial charge in [-0.05, 0) is 48.6 Å². The highest BCUT2D eigenvalue weighted by Crippen LogP contribution is 2.37. The number of ether oxygens (including phenoxy) is 2. The topological polar surface area (TPSA) is 125 Å². The molecule has 0 bridgehead atoms. The van der Waals surface area contributed by atoms with Gasteiger partial charge in [0.05, 0.1) is 24.4 Å². The van der Waals surface area contributed by atoms with Crippen molar-refractivity contribution in [1.82, 2.24) is 14.7 Å². The van der Waals surface area contributed by atoms with Crippen molar-refractivity contribution in [1.29, 1.82) is 0 Å². The first kappa shape index (κ1) is 27.8. The maximum Gasteiger partial charge on any atom is 0.410 e. The number of rotatable bonds is 7. The van der Waals surface area contributed by atoms with Crippen LogP contribution < -0.4 is 5.48 Å². The van der Waals surface area contributed by atoms with E-state index in [1.165, 1.54) is 20.3 Å². The second-order valence-electron chi connectivity index (χ2n) is 10.8. The zero-order valence-electron chi connectivity index (χ0n) is 21.7. The van der Waals surface area contributed by atoms with Crippen LogP contribution in [0.15, 0.2) is 24.3 Å². The van der Waals surface area contributed by atoms with Crippen molar-refractivity contribution in [3.63, 3.8) is 0 Å². The summed E-state index contributed by atoms with van der Waals surface area (Å²) >= 11 is 0. The van der Waals surface area contributed by atoms with E-state index >= 15 is 0 Å². The SMILES string of the molecule is CC(C)c1cccc(C2CCN(S(=O)(=O)CC3(C(=O)NO)CCN(C(=O)O[C@H]4CCOC4)CC3)CC2)c1. The molecule has 3 aliphatic rings. The quantitative estimate of drug-likeness (QED) is 0.405. The van der Waals surface area contributed by atoms with E-state index in [2.05, 4.69) is 38.1 Å². The predicted molar refractivity (Wildman–Crippen MR) is 137 cm³/mol. The summed E-state index contributed by atoms with van der Waals surface area (Å²) < 4.78 is 39.1. The van der Waals surface area contributed by atoms with Crippen molar-refractivity contribution < 1.29 is 32.7 Å². The van der Waals surface area contributed by atoms with Crippen molar-refractivity contribution in [2.45, 2.75) is 63.9 Å². The Labute approximate surface area is 219 Å². The molecule has 2 N–H and O–H groups in total.